The maximum Gasteiger partial charge on any atom is 0.342 e. The molecule has 0 unspecified atom stereocenters. The van der Waals surface area contributed by atoms with E-state index in [2.05, 4.69) is 13.8 Å². The number of para-hydroxylation sites is 1. The first-order valence-corrected chi connectivity index (χ1v) is 7.72. The van der Waals surface area contributed by atoms with Crippen molar-refractivity contribution >= 4 is 11.9 Å². The van der Waals surface area contributed by atoms with Crippen molar-refractivity contribution < 1.29 is 19.1 Å². The van der Waals surface area contributed by atoms with Crippen LogP contribution in [0.4, 0.5) is 0 Å². The van der Waals surface area contributed by atoms with Gasteiger partial charge in [0.15, 0.2) is 0 Å². The minimum absolute atomic E-state index is 0.234. The molecule has 0 fully saturated rings. The van der Waals surface area contributed by atoms with Crippen molar-refractivity contribution in [3.63, 3.8) is 0 Å². The number of carbonyl (C=O) groups excluding carboxylic acids is 2. The van der Waals surface area contributed by atoms with Gasteiger partial charge in [0.1, 0.15) is 16.9 Å². The molecule has 0 amide bonds. The zero-order valence-corrected chi connectivity index (χ0v) is 14.1. The monoisotopic (exact) mass is 306 g/mol. The second-order valence-electron chi connectivity index (χ2n) is 6.53. The molecule has 0 aromatic heterocycles. The van der Waals surface area contributed by atoms with E-state index in [0.29, 0.717) is 5.92 Å². The van der Waals surface area contributed by atoms with Crippen LogP contribution in [0.25, 0.3) is 0 Å². The summed E-state index contributed by atoms with van der Waals surface area (Å²) in [5.74, 6) is -0.0583. The molecular weight excluding hydrogens is 280 g/mol. The van der Waals surface area contributed by atoms with E-state index in [1.807, 2.05) is 13.8 Å². The van der Waals surface area contributed by atoms with Gasteiger partial charge in [-0.1, -0.05) is 32.4 Å². The summed E-state index contributed by atoms with van der Waals surface area (Å²) in [5.41, 5.74) is -0.274. The Kier molecular flexibility index (Phi) is 6.60. The van der Waals surface area contributed by atoms with Gasteiger partial charge < -0.3 is 9.47 Å². The van der Waals surface area contributed by atoms with E-state index in [0.717, 1.165) is 19.3 Å². The van der Waals surface area contributed by atoms with E-state index in [1.54, 1.807) is 24.3 Å². The molecule has 0 spiro atoms. The summed E-state index contributed by atoms with van der Waals surface area (Å²) >= 11 is 0. The smallest absolute Gasteiger partial charge is 0.342 e. The maximum absolute atomic E-state index is 12.3. The third kappa shape index (κ3) is 6.29. The van der Waals surface area contributed by atoms with Gasteiger partial charge in [-0.3, -0.25) is 4.79 Å². The summed E-state index contributed by atoms with van der Waals surface area (Å²) in [6, 6.07) is 6.62. The number of hydrogen-bond acceptors (Lipinski definition) is 4. The SMILES string of the molecule is CC(=O)Oc1ccccc1C(=O)OC(C)(C)CCCC(C)C. The third-order valence-electron chi connectivity index (χ3n) is 3.29. The van der Waals surface area contributed by atoms with Gasteiger partial charge in [-0.25, -0.2) is 4.79 Å². The predicted octanol–water partition coefficient (Wildman–Crippen LogP) is 4.37. The Hall–Kier alpha value is -1.84. The Morgan fingerprint density at radius 3 is 2.41 bits per heavy atom. The van der Waals surface area contributed by atoms with Crippen LogP contribution in [0.2, 0.25) is 0 Å². The molecule has 0 aliphatic carbocycles. The van der Waals surface area contributed by atoms with Crippen molar-refractivity contribution in [2.24, 2.45) is 5.92 Å². The van der Waals surface area contributed by atoms with Crippen molar-refractivity contribution in [1.82, 2.24) is 0 Å². The molecule has 0 radical (unpaired) electrons. The Labute approximate surface area is 132 Å². The average Bonchev–Trinajstić information content (AvgIpc) is 2.37. The molecule has 1 rings (SSSR count). The lowest BCUT2D eigenvalue weighted by molar-refractivity contribution is -0.131. The zero-order chi connectivity index (χ0) is 16.8. The lowest BCUT2D eigenvalue weighted by atomic mass is 9.97. The topological polar surface area (TPSA) is 52.6 Å². The van der Waals surface area contributed by atoms with E-state index < -0.39 is 17.5 Å². The molecule has 0 saturated heterocycles. The van der Waals surface area contributed by atoms with E-state index in [4.69, 9.17) is 9.47 Å². The van der Waals surface area contributed by atoms with Crippen molar-refractivity contribution in [3.05, 3.63) is 29.8 Å². The van der Waals surface area contributed by atoms with Crippen molar-refractivity contribution in [2.75, 3.05) is 0 Å². The van der Waals surface area contributed by atoms with Gasteiger partial charge in [-0.2, -0.15) is 0 Å². The Balaban J connectivity index is 2.73. The molecule has 1 aromatic rings. The van der Waals surface area contributed by atoms with Gasteiger partial charge >= 0.3 is 11.9 Å². The summed E-state index contributed by atoms with van der Waals surface area (Å²) in [4.78, 5) is 23.5. The molecule has 0 aliphatic heterocycles. The van der Waals surface area contributed by atoms with Gasteiger partial charge in [0, 0.05) is 6.92 Å². The Morgan fingerprint density at radius 2 is 1.82 bits per heavy atom. The fraction of sp³-hybridized carbons (Fsp3) is 0.556. The number of rotatable bonds is 7. The molecule has 22 heavy (non-hydrogen) atoms. The number of benzene rings is 1. The molecule has 0 saturated carbocycles. The highest BCUT2D eigenvalue weighted by molar-refractivity contribution is 5.93. The lowest BCUT2D eigenvalue weighted by Gasteiger charge is -2.26. The van der Waals surface area contributed by atoms with Crippen molar-refractivity contribution in [1.29, 1.82) is 0 Å². The van der Waals surface area contributed by atoms with Crippen LogP contribution in [-0.2, 0) is 9.53 Å². The highest BCUT2D eigenvalue weighted by Gasteiger charge is 2.25. The molecule has 1 aromatic carbocycles. The molecule has 0 heterocycles. The van der Waals surface area contributed by atoms with Gasteiger partial charge in [-0.15, -0.1) is 0 Å². The van der Waals surface area contributed by atoms with Gasteiger partial charge in [0.2, 0.25) is 0 Å². The van der Waals surface area contributed by atoms with E-state index in [9.17, 15) is 9.59 Å². The number of esters is 2. The standard InChI is InChI=1S/C18H26O4/c1-13(2)9-8-12-18(4,5)22-17(20)15-10-6-7-11-16(15)21-14(3)19/h6-7,10-11,13H,8-9,12H2,1-5H3. The third-order valence-corrected chi connectivity index (χ3v) is 3.29. The summed E-state index contributed by atoms with van der Waals surface area (Å²) in [7, 11) is 0. The fourth-order valence-corrected chi connectivity index (χ4v) is 2.17. The zero-order valence-electron chi connectivity index (χ0n) is 14.1. The Bertz CT molecular complexity index is 518. The van der Waals surface area contributed by atoms with Crippen LogP contribution in [0.1, 0.15) is 64.2 Å². The highest BCUT2D eigenvalue weighted by Crippen LogP contribution is 2.25. The van der Waals surface area contributed by atoms with Gasteiger partial charge in [-0.05, 0) is 44.7 Å². The molecule has 122 valence electrons. The van der Waals surface area contributed by atoms with Crippen LogP contribution >= 0.6 is 0 Å². The molecular formula is C18H26O4. The van der Waals surface area contributed by atoms with Crippen LogP contribution in [-0.4, -0.2) is 17.5 Å². The van der Waals surface area contributed by atoms with Gasteiger partial charge in [0.05, 0.1) is 0 Å². The first kappa shape index (κ1) is 18.2. The summed E-state index contributed by atoms with van der Waals surface area (Å²) in [6.45, 7) is 9.46. The van der Waals surface area contributed by atoms with E-state index in [-0.39, 0.29) is 11.3 Å². The fourth-order valence-electron chi connectivity index (χ4n) is 2.17. The molecule has 4 nitrogen and oxygen atoms in total. The van der Waals surface area contributed by atoms with Gasteiger partial charge in [0.25, 0.3) is 0 Å². The van der Waals surface area contributed by atoms with E-state index >= 15 is 0 Å². The minimum atomic E-state index is -0.546. The van der Waals surface area contributed by atoms with Crippen molar-refractivity contribution in [3.8, 4) is 5.75 Å². The minimum Gasteiger partial charge on any atom is -0.456 e. The first-order chi connectivity index (χ1) is 10.2. The number of ether oxygens (including phenoxy) is 2. The van der Waals surface area contributed by atoms with Crippen LogP contribution in [0.5, 0.6) is 5.75 Å². The molecule has 0 N–H and O–H groups in total. The second kappa shape index (κ2) is 7.97. The largest absolute Gasteiger partial charge is 0.456 e. The number of carbonyl (C=O) groups is 2. The molecule has 0 aliphatic rings. The number of hydrogen-bond donors (Lipinski definition) is 0. The second-order valence-corrected chi connectivity index (χ2v) is 6.53. The summed E-state index contributed by atoms with van der Waals surface area (Å²) in [5, 5.41) is 0. The van der Waals surface area contributed by atoms with Crippen LogP contribution in [0, 0.1) is 5.92 Å². The predicted molar refractivity (Wildman–Crippen MR) is 85.9 cm³/mol. The lowest BCUT2D eigenvalue weighted by Crippen LogP contribution is -2.28. The molecule has 0 bridgehead atoms. The van der Waals surface area contributed by atoms with E-state index in [1.165, 1.54) is 6.92 Å². The maximum atomic E-state index is 12.3. The van der Waals surface area contributed by atoms with Crippen molar-refractivity contribution in [2.45, 2.75) is 59.5 Å². The summed E-state index contributed by atoms with van der Waals surface area (Å²) < 4.78 is 10.7. The van der Waals surface area contributed by atoms with Crippen LogP contribution in [0.3, 0.4) is 0 Å². The molecule has 0 atom stereocenters. The highest BCUT2D eigenvalue weighted by atomic mass is 16.6. The van der Waals surface area contributed by atoms with Crippen LogP contribution < -0.4 is 4.74 Å². The average molecular weight is 306 g/mol. The Morgan fingerprint density at radius 1 is 1.18 bits per heavy atom. The molecule has 4 heteroatoms. The summed E-state index contributed by atoms with van der Waals surface area (Å²) in [6.07, 6.45) is 2.90. The quantitative estimate of drug-likeness (QED) is 0.554. The van der Waals surface area contributed by atoms with Crippen LogP contribution in [0.15, 0.2) is 24.3 Å². The normalized spacial score (nSPS) is 11.4. The first-order valence-electron chi connectivity index (χ1n) is 7.72.